The van der Waals surface area contributed by atoms with Crippen LogP contribution in [0.4, 0.5) is 0 Å². The summed E-state index contributed by atoms with van der Waals surface area (Å²) in [5.74, 6) is 0.381. The fraction of sp³-hybridized carbons (Fsp3) is 0.909. The smallest absolute Gasteiger partial charge is 0.225 e. The molecule has 1 amide bonds. The number of hydrogen-bond donors (Lipinski definition) is 1. The van der Waals surface area contributed by atoms with Gasteiger partial charge in [-0.25, -0.2) is 0 Å². The molecule has 0 heterocycles. The number of carbonyl (C=O) groups excluding carboxylic acids is 1. The van der Waals surface area contributed by atoms with Crippen molar-refractivity contribution in [2.24, 2.45) is 5.92 Å². The Balaban J connectivity index is 2.41. The molecule has 0 aromatic heterocycles. The quantitative estimate of drug-likeness (QED) is 0.707. The van der Waals surface area contributed by atoms with Crippen LogP contribution >= 0.6 is 0 Å². The van der Waals surface area contributed by atoms with E-state index in [-0.39, 0.29) is 18.4 Å². The highest BCUT2D eigenvalue weighted by Crippen LogP contribution is 2.26. The van der Waals surface area contributed by atoms with Crippen LogP contribution < -0.4 is 0 Å². The van der Waals surface area contributed by atoms with Crippen molar-refractivity contribution in [3.05, 3.63) is 0 Å². The number of hydrogen-bond acceptors (Lipinski definition) is 3. The topological polar surface area (TPSA) is 49.8 Å². The second kappa shape index (κ2) is 6.80. The second-order valence-electron chi connectivity index (χ2n) is 4.02. The number of rotatable bonds is 6. The molecule has 0 atom stereocenters. The largest absolute Gasteiger partial charge is 0.395 e. The third-order valence-corrected chi connectivity index (χ3v) is 2.95. The van der Waals surface area contributed by atoms with E-state index in [0.29, 0.717) is 19.7 Å². The summed E-state index contributed by atoms with van der Waals surface area (Å²) >= 11 is 0. The Morgan fingerprint density at radius 1 is 1.40 bits per heavy atom. The van der Waals surface area contributed by atoms with Crippen molar-refractivity contribution in [1.82, 2.24) is 4.90 Å². The van der Waals surface area contributed by atoms with Gasteiger partial charge in [0.1, 0.15) is 0 Å². The molecule has 1 rings (SSSR count). The number of nitrogens with zero attached hydrogens (tertiary/aromatic N) is 1. The average molecular weight is 215 g/mol. The summed E-state index contributed by atoms with van der Waals surface area (Å²) in [5, 5.41) is 8.89. The van der Waals surface area contributed by atoms with Crippen LogP contribution in [0.1, 0.15) is 25.7 Å². The molecule has 1 N–H and O–H groups in total. The lowest BCUT2D eigenvalue weighted by molar-refractivity contribution is -0.136. The molecule has 1 aliphatic rings. The van der Waals surface area contributed by atoms with Gasteiger partial charge in [-0.15, -0.1) is 0 Å². The molecule has 0 aliphatic heterocycles. The van der Waals surface area contributed by atoms with Gasteiger partial charge < -0.3 is 14.7 Å². The zero-order valence-electron chi connectivity index (χ0n) is 9.45. The van der Waals surface area contributed by atoms with Gasteiger partial charge in [-0.3, -0.25) is 4.79 Å². The van der Waals surface area contributed by atoms with E-state index < -0.39 is 0 Å². The Bertz CT molecular complexity index is 190. The van der Waals surface area contributed by atoms with Crippen LogP contribution in [0.5, 0.6) is 0 Å². The molecule has 0 bridgehead atoms. The fourth-order valence-corrected chi connectivity index (χ4v) is 2.09. The third-order valence-electron chi connectivity index (χ3n) is 2.95. The van der Waals surface area contributed by atoms with Gasteiger partial charge in [0.05, 0.1) is 13.2 Å². The van der Waals surface area contributed by atoms with E-state index in [1.807, 2.05) is 0 Å². The zero-order chi connectivity index (χ0) is 11.1. The number of methoxy groups -OCH3 is 1. The van der Waals surface area contributed by atoms with Crippen LogP contribution in [0.25, 0.3) is 0 Å². The fourth-order valence-electron chi connectivity index (χ4n) is 2.09. The molecule has 0 spiro atoms. The number of ether oxygens (including phenoxy) is 1. The summed E-state index contributed by atoms with van der Waals surface area (Å²) in [6.45, 7) is 1.59. The SMILES string of the molecule is COCCN(CCO)C(=O)C1CCCC1. The minimum atomic E-state index is 0.0299. The van der Waals surface area contributed by atoms with Crippen molar-refractivity contribution >= 4 is 5.91 Å². The van der Waals surface area contributed by atoms with Crippen molar-refractivity contribution in [1.29, 1.82) is 0 Å². The average Bonchev–Trinajstić information content (AvgIpc) is 2.76. The summed E-state index contributed by atoms with van der Waals surface area (Å²) in [5.41, 5.74) is 0. The molecule has 0 saturated heterocycles. The van der Waals surface area contributed by atoms with Crippen LogP contribution in [0.2, 0.25) is 0 Å². The van der Waals surface area contributed by atoms with E-state index in [9.17, 15) is 4.79 Å². The van der Waals surface area contributed by atoms with Crippen LogP contribution in [-0.2, 0) is 9.53 Å². The Morgan fingerprint density at radius 2 is 2.07 bits per heavy atom. The number of aliphatic hydroxyl groups is 1. The maximum Gasteiger partial charge on any atom is 0.225 e. The first-order chi connectivity index (χ1) is 7.29. The van der Waals surface area contributed by atoms with Gasteiger partial charge >= 0.3 is 0 Å². The van der Waals surface area contributed by atoms with Crippen molar-refractivity contribution in [3.8, 4) is 0 Å². The Hall–Kier alpha value is -0.610. The summed E-state index contributed by atoms with van der Waals surface area (Å²) in [6.07, 6.45) is 4.34. The summed E-state index contributed by atoms with van der Waals surface area (Å²) in [4.78, 5) is 13.7. The number of carbonyl (C=O) groups is 1. The van der Waals surface area contributed by atoms with Crippen molar-refractivity contribution in [2.45, 2.75) is 25.7 Å². The molecule has 0 radical (unpaired) electrons. The predicted molar refractivity (Wildman–Crippen MR) is 57.5 cm³/mol. The number of amides is 1. The summed E-state index contributed by atoms with van der Waals surface area (Å²) in [6, 6.07) is 0. The molecule has 1 aliphatic carbocycles. The van der Waals surface area contributed by atoms with Crippen LogP contribution in [0.15, 0.2) is 0 Å². The Morgan fingerprint density at radius 3 is 2.60 bits per heavy atom. The van der Waals surface area contributed by atoms with Gasteiger partial charge in [0.15, 0.2) is 0 Å². The zero-order valence-corrected chi connectivity index (χ0v) is 9.45. The molecule has 0 aromatic rings. The van der Waals surface area contributed by atoms with Crippen LogP contribution in [0, 0.1) is 5.92 Å². The van der Waals surface area contributed by atoms with Gasteiger partial charge in [0, 0.05) is 26.1 Å². The molecule has 15 heavy (non-hydrogen) atoms. The Labute approximate surface area is 91.2 Å². The highest BCUT2D eigenvalue weighted by molar-refractivity contribution is 5.79. The first kappa shape index (κ1) is 12.5. The van der Waals surface area contributed by atoms with Gasteiger partial charge in [-0.2, -0.15) is 0 Å². The first-order valence-corrected chi connectivity index (χ1v) is 5.68. The van der Waals surface area contributed by atoms with Crippen molar-refractivity contribution in [3.63, 3.8) is 0 Å². The van der Waals surface area contributed by atoms with E-state index in [4.69, 9.17) is 9.84 Å². The molecule has 0 unspecified atom stereocenters. The molecule has 4 heteroatoms. The maximum absolute atomic E-state index is 12.0. The van der Waals surface area contributed by atoms with Crippen molar-refractivity contribution < 1.29 is 14.6 Å². The van der Waals surface area contributed by atoms with Crippen LogP contribution in [-0.4, -0.2) is 49.3 Å². The highest BCUT2D eigenvalue weighted by atomic mass is 16.5. The van der Waals surface area contributed by atoms with Crippen LogP contribution in [0.3, 0.4) is 0 Å². The second-order valence-corrected chi connectivity index (χ2v) is 4.02. The van der Waals surface area contributed by atoms with E-state index in [1.165, 1.54) is 0 Å². The molecule has 1 fully saturated rings. The van der Waals surface area contributed by atoms with Gasteiger partial charge in [0.2, 0.25) is 5.91 Å². The lowest BCUT2D eigenvalue weighted by Crippen LogP contribution is -2.39. The van der Waals surface area contributed by atoms with E-state index >= 15 is 0 Å². The minimum Gasteiger partial charge on any atom is -0.395 e. The van der Waals surface area contributed by atoms with Gasteiger partial charge in [-0.1, -0.05) is 12.8 Å². The lowest BCUT2D eigenvalue weighted by atomic mass is 10.1. The number of aliphatic hydroxyl groups excluding tert-OH is 1. The molecule has 0 aromatic carbocycles. The molecule has 1 saturated carbocycles. The summed E-state index contributed by atoms with van der Waals surface area (Å²) < 4.78 is 4.96. The normalized spacial score (nSPS) is 16.9. The van der Waals surface area contributed by atoms with E-state index in [2.05, 4.69) is 0 Å². The van der Waals surface area contributed by atoms with E-state index in [1.54, 1.807) is 12.0 Å². The monoisotopic (exact) mass is 215 g/mol. The van der Waals surface area contributed by atoms with Gasteiger partial charge in [-0.05, 0) is 12.8 Å². The molecule has 4 nitrogen and oxygen atoms in total. The standard InChI is InChI=1S/C11H21NO3/c1-15-9-7-12(6-8-13)11(14)10-4-2-3-5-10/h10,13H,2-9H2,1H3. The third kappa shape index (κ3) is 3.80. The first-order valence-electron chi connectivity index (χ1n) is 5.68. The molecular weight excluding hydrogens is 194 g/mol. The molecule has 88 valence electrons. The van der Waals surface area contributed by atoms with Gasteiger partial charge in [0.25, 0.3) is 0 Å². The molecular formula is C11H21NO3. The summed E-state index contributed by atoms with van der Waals surface area (Å²) in [7, 11) is 1.62. The Kier molecular flexibility index (Phi) is 5.65. The minimum absolute atomic E-state index is 0.0299. The predicted octanol–water partition coefficient (Wildman–Crippen LogP) is 0.644. The lowest BCUT2D eigenvalue weighted by Gasteiger charge is -2.24. The highest BCUT2D eigenvalue weighted by Gasteiger charge is 2.26. The van der Waals surface area contributed by atoms with E-state index in [0.717, 1.165) is 25.7 Å². The maximum atomic E-state index is 12.0. The van der Waals surface area contributed by atoms with Crippen molar-refractivity contribution in [2.75, 3.05) is 33.4 Å².